The van der Waals surface area contributed by atoms with Gasteiger partial charge in [0.25, 0.3) is 5.91 Å². The van der Waals surface area contributed by atoms with E-state index >= 15 is 0 Å². The summed E-state index contributed by atoms with van der Waals surface area (Å²) in [6, 6.07) is 22.1. The molecule has 0 aliphatic rings. The molecule has 4 rings (SSSR count). The van der Waals surface area contributed by atoms with Crippen molar-refractivity contribution in [2.45, 2.75) is 58.3 Å². The molecule has 0 aliphatic heterocycles. The van der Waals surface area contributed by atoms with E-state index in [1.807, 2.05) is 36.4 Å². The molecular formula is C33H36ClN3O2. The van der Waals surface area contributed by atoms with Crippen molar-refractivity contribution in [1.82, 2.24) is 15.3 Å². The van der Waals surface area contributed by atoms with Crippen molar-refractivity contribution in [1.29, 1.82) is 0 Å². The highest BCUT2D eigenvalue weighted by molar-refractivity contribution is 6.30. The van der Waals surface area contributed by atoms with Crippen molar-refractivity contribution < 1.29 is 9.90 Å². The number of aliphatic hydroxyl groups excluding tert-OH is 1. The number of hydrogen-bond donors (Lipinski definition) is 2. The standard InChI is InChI=1S/C33H36ClN3O2/c1-5-7-27(23-9-11-25(12-10-23)33(39)35-19-18-22(4)38)31(24-13-15-26(34)16-14-24)32-36-29(6-2)28-20-21(3)8-17-30(28)37-32/h8-17,20,27,31,38H,4-7,18-19H2,1-3H3,(H,35,39). The van der Waals surface area contributed by atoms with Gasteiger partial charge in [0.1, 0.15) is 5.82 Å². The number of aromatic nitrogens is 2. The first-order chi connectivity index (χ1) is 18.8. The van der Waals surface area contributed by atoms with E-state index in [0.29, 0.717) is 23.6 Å². The molecule has 5 nitrogen and oxygen atoms in total. The van der Waals surface area contributed by atoms with Gasteiger partial charge in [0, 0.05) is 28.9 Å². The highest BCUT2D eigenvalue weighted by Gasteiger charge is 2.29. The molecule has 0 radical (unpaired) electrons. The molecule has 1 heterocycles. The van der Waals surface area contributed by atoms with Gasteiger partial charge in [-0.15, -0.1) is 0 Å². The summed E-state index contributed by atoms with van der Waals surface area (Å²) in [5.41, 5.74) is 6.00. The second-order valence-corrected chi connectivity index (χ2v) is 10.5. The molecule has 0 saturated heterocycles. The summed E-state index contributed by atoms with van der Waals surface area (Å²) in [7, 11) is 0. The highest BCUT2D eigenvalue weighted by atomic mass is 35.5. The van der Waals surface area contributed by atoms with E-state index < -0.39 is 0 Å². The van der Waals surface area contributed by atoms with Crippen LogP contribution in [-0.4, -0.2) is 27.5 Å². The Balaban J connectivity index is 1.77. The smallest absolute Gasteiger partial charge is 0.251 e. The predicted octanol–water partition coefficient (Wildman–Crippen LogP) is 8.06. The first-order valence-corrected chi connectivity index (χ1v) is 14.0. The van der Waals surface area contributed by atoms with Crippen molar-refractivity contribution >= 4 is 28.4 Å². The van der Waals surface area contributed by atoms with Gasteiger partial charge in [0.2, 0.25) is 0 Å². The zero-order valence-corrected chi connectivity index (χ0v) is 23.6. The molecule has 0 aliphatic carbocycles. The zero-order chi connectivity index (χ0) is 27.9. The van der Waals surface area contributed by atoms with E-state index in [2.05, 4.69) is 63.0 Å². The third-order valence-electron chi connectivity index (χ3n) is 7.09. The van der Waals surface area contributed by atoms with Crippen LogP contribution in [0.1, 0.15) is 83.5 Å². The molecule has 2 atom stereocenters. The fraction of sp³-hybridized carbons (Fsp3) is 0.303. The molecule has 0 fully saturated rings. The topological polar surface area (TPSA) is 75.1 Å². The Morgan fingerprint density at radius 3 is 2.33 bits per heavy atom. The minimum atomic E-state index is -0.176. The Hall–Kier alpha value is -3.70. The second-order valence-electron chi connectivity index (χ2n) is 10.0. The lowest BCUT2D eigenvalue weighted by molar-refractivity contribution is 0.0953. The summed E-state index contributed by atoms with van der Waals surface area (Å²) in [4.78, 5) is 22.9. The number of nitrogens with one attached hydrogen (secondary N) is 1. The third-order valence-corrected chi connectivity index (χ3v) is 7.34. The van der Waals surface area contributed by atoms with Gasteiger partial charge in [-0.1, -0.05) is 74.3 Å². The minimum Gasteiger partial charge on any atom is -0.513 e. The Morgan fingerprint density at radius 1 is 1.00 bits per heavy atom. The molecule has 6 heteroatoms. The van der Waals surface area contributed by atoms with Gasteiger partial charge in [0.15, 0.2) is 0 Å². The summed E-state index contributed by atoms with van der Waals surface area (Å²) < 4.78 is 0. The lowest BCUT2D eigenvalue weighted by Crippen LogP contribution is -2.24. The summed E-state index contributed by atoms with van der Waals surface area (Å²) in [6.45, 7) is 10.2. The van der Waals surface area contributed by atoms with E-state index in [4.69, 9.17) is 21.6 Å². The van der Waals surface area contributed by atoms with Crippen LogP contribution in [0.5, 0.6) is 0 Å². The van der Waals surface area contributed by atoms with Gasteiger partial charge in [0.05, 0.1) is 22.9 Å². The Labute approximate surface area is 236 Å². The zero-order valence-electron chi connectivity index (χ0n) is 22.9. The van der Waals surface area contributed by atoms with Crippen LogP contribution < -0.4 is 5.32 Å². The van der Waals surface area contributed by atoms with Gasteiger partial charge in [-0.05, 0) is 73.2 Å². The van der Waals surface area contributed by atoms with Gasteiger partial charge in [-0.2, -0.15) is 0 Å². The molecule has 2 N–H and O–H groups in total. The number of carbonyl (C=O) groups excluding carboxylic acids is 1. The molecule has 0 saturated carbocycles. The molecule has 2 unspecified atom stereocenters. The van der Waals surface area contributed by atoms with Crippen LogP contribution in [0.3, 0.4) is 0 Å². The molecule has 0 bridgehead atoms. The van der Waals surface area contributed by atoms with Crippen molar-refractivity contribution in [3.8, 4) is 0 Å². The largest absolute Gasteiger partial charge is 0.513 e. The summed E-state index contributed by atoms with van der Waals surface area (Å²) in [5.74, 6) is 0.686. The molecule has 202 valence electrons. The first kappa shape index (κ1) is 28.3. The maximum Gasteiger partial charge on any atom is 0.251 e. The van der Waals surface area contributed by atoms with Crippen LogP contribution >= 0.6 is 11.6 Å². The van der Waals surface area contributed by atoms with Gasteiger partial charge >= 0.3 is 0 Å². The quantitative estimate of drug-likeness (QED) is 0.188. The average Bonchev–Trinajstić information content (AvgIpc) is 2.93. The minimum absolute atomic E-state index is 0.0542. The Morgan fingerprint density at radius 2 is 1.69 bits per heavy atom. The molecule has 4 aromatic rings. The Bertz CT molecular complexity index is 1450. The van der Waals surface area contributed by atoms with E-state index in [9.17, 15) is 9.90 Å². The number of benzene rings is 3. The SMILES string of the molecule is C=C(O)CCNC(=O)c1ccc(C(CCC)C(c2ccc(Cl)cc2)c2nc(CC)c3cc(C)ccc3n2)cc1. The predicted molar refractivity (Wildman–Crippen MR) is 160 cm³/mol. The van der Waals surface area contributed by atoms with E-state index in [-0.39, 0.29) is 23.5 Å². The highest BCUT2D eigenvalue weighted by Crippen LogP contribution is 2.41. The number of halogens is 1. The van der Waals surface area contributed by atoms with Gasteiger partial charge in [-0.3, -0.25) is 4.79 Å². The van der Waals surface area contributed by atoms with Crippen LogP contribution in [0.25, 0.3) is 10.9 Å². The van der Waals surface area contributed by atoms with Crippen molar-refractivity contribution in [3.05, 3.63) is 118 Å². The van der Waals surface area contributed by atoms with Crippen molar-refractivity contribution in [2.75, 3.05) is 6.54 Å². The van der Waals surface area contributed by atoms with Gasteiger partial charge in [-0.25, -0.2) is 9.97 Å². The number of fused-ring (bicyclic) bond motifs is 1. The normalized spacial score (nSPS) is 12.7. The lowest BCUT2D eigenvalue weighted by atomic mass is 9.78. The van der Waals surface area contributed by atoms with Crippen LogP contribution in [0.15, 0.2) is 79.1 Å². The van der Waals surface area contributed by atoms with E-state index in [0.717, 1.165) is 52.8 Å². The first-order valence-electron chi connectivity index (χ1n) is 13.6. The van der Waals surface area contributed by atoms with Crippen LogP contribution in [0.2, 0.25) is 5.02 Å². The number of carbonyl (C=O) groups is 1. The number of rotatable bonds is 11. The van der Waals surface area contributed by atoms with Crippen LogP contribution in [-0.2, 0) is 6.42 Å². The van der Waals surface area contributed by atoms with Crippen LogP contribution in [0, 0.1) is 6.92 Å². The molecule has 1 aromatic heterocycles. The summed E-state index contributed by atoms with van der Waals surface area (Å²) >= 11 is 6.27. The number of nitrogens with zero attached hydrogens (tertiary/aromatic N) is 2. The number of amides is 1. The molecular weight excluding hydrogens is 506 g/mol. The molecule has 1 amide bonds. The molecule has 39 heavy (non-hydrogen) atoms. The number of aryl methyl sites for hydroxylation is 2. The van der Waals surface area contributed by atoms with E-state index in [1.165, 1.54) is 5.56 Å². The maximum absolute atomic E-state index is 12.6. The average molecular weight is 542 g/mol. The van der Waals surface area contributed by atoms with Crippen molar-refractivity contribution in [2.24, 2.45) is 0 Å². The van der Waals surface area contributed by atoms with Crippen molar-refractivity contribution in [3.63, 3.8) is 0 Å². The number of hydrogen-bond acceptors (Lipinski definition) is 4. The fourth-order valence-electron chi connectivity index (χ4n) is 5.11. The van der Waals surface area contributed by atoms with E-state index in [1.54, 1.807) is 0 Å². The molecule has 0 spiro atoms. The number of aliphatic hydroxyl groups is 1. The van der Waals surface area contributed by atoms with Gasteiger partial charge < -0.3 is 10.4 Å². The summed E-state index contributed by atoms with van der Waals surface area (Å²) in [5, 5.41) is 13.9. The molecule has 3 aromatic carbocycles. The monoisotopic (exact) mass is 541 g/mol. The lowest BCUT2D eigenvalue weighted by Gasteiger charge is -2.28. The summed E-state index contributed by atoms with van der Waals surface area (Å²) in [6.07, 6.45) is 3.05. The fourth-order valence-corrected chi connectivity index (χ4v) is 5.23. The third kappa shape index (κ3) is 6.85. The second kappa shape index (κ2) is 12.9. The van der Waals surface area contributed by atoms with Crippen LogP contribution in [0.4, 0.5) is 0 Å². The maximum atomic E-state index is 12.6. The Kier molecular flexibility index (Phi) is 9.36.